The Hall–Kier alpha value is -1.66. The fourth-order valence-electron chi connectivity index (χ4n) is 2.69. The van der Waals surface area contributed by atoms with E-state index < -0.39 is 0 Å². The highest BCUT2D eigenvalue weighted by molar-refractivity contribution is 5.66. The highest BCUT2D eigenvalue weighted by atomic mass is 16.6. The Kier molecular flexibility index (Phi) is 4.34. The Labute approximate surface area is 112 Å². The predicted molar refractivity (Wildman–Crippen MR) is 73.2 cm³/mol. The first-order chi connectivity index (χ1) is 9.17. The maximum atomic E-state index is 11.0. The lowest BCUT2D eigenvalue weighted by Crippen LogP contribution is -2.31. The summed E-state index contributed by atoms with van der Waals surface area (Å²) in [4.78, 5) is 12.8. The summed E-state index contributed by atoms with van der Waals surface area (Å²) in [5.41, 5.74) is 1.56. The largest absolute Gasteiger partial charge is 0.395 e. The van der Waals surface area contributed by atoms with Crippen molar-refractivity contribution in [3.8, 4) is 0 Å². The van der Waals surface area contributed by atoms with E-state index in [0.717, 1.165) is 24.9 Å². The first-order valence-electron chi connectivity index (χ1n) is 6.46. The van der Waals surface area contributed by atoms with Gasteiger partial charge in [-0.2, -0.15) is 0 Å². The molecule has 2 rings (SSSR count). The maximum absolute atomic E-state index is 11.0. The number of nitrogens with zero attached hydrogens (tertiary/aromatic N) is 2. The fraction of sp³-hybridized carbons (Fsp3) is 0.538. The quantitative estimate of drug-likeness (QED) is 0.624. The van der Waals surface area contributed by atoms with Crippen LogP contribution in [0.2, 0.25) is 0 Å². The fourth-order valence-corrected chi connectivity index (χ4v) is 2.69. The molecule has 0 saturated carbocycles. The van der Waals surface area contributed by atoms with E-state index in [1.807, 2.05) is 6.07 Å². The Bertz CT molecular complexity index is 464. The van der Waals surface area contributed by atoms with Gasteiger partial charge in [-0.1, -0.05) is 12.1 Å². The Balaban J connectivity index is 2.24. The summed E-state index contributed by atoms with van der Waals surface area (Å²) in [6.45, 7) is 1.70. The van der Waals surface area contributed by atoms with Crippen LogP contribution in [0.3, 0.4) is 0 Å². The van der Waals surface area contributed by atoms with Crippen LogP contribution in [0, 0.1) is 10.1 Å². The molecule has 1 aliphatic heterocycles. The second kappa shape index (κ2) is 5.99. The van der Waals surface area contributed by atoms with Gasteiger partial charge in [0.1, 0.15) is 5.69 Å². The van der Waals surface area contributed by atoms with Gasteiger partial charge >= 0.3 is 0 Å². The monoisotopic (exact) mass is 265 g/mol. The van der Waals surface area contributed by atoms with Crippen molar-refractivity contribution in [2.45, 2.75) is 25.4 Å². The number of aliphatic hydroxyl groups excluding tert-OH is 1. The molecule has 1 atom stereocenters. The lowest BCUT2D eigenvalue weighted by molar-refractivity contribution is -0.384. The molecule has 0 spiro atoms. The first-order valence-corrected chi connectivity index (χ1v) is 6.46. The molecule has 6 heteroatoms. The summed E-state index contributed by atoms with van der Waals surface area (Å²) in [7, 11) is 1.69. The van der Waals surface area contributed by atoms with Crippen molar-refractivity contribution >= 4 is 11.4 Å². The molecule has 104 valence electrons. The summed E-state index contributed by atoms with van der Waals surface area (Å²) < 4.78 is 0. The summed E-state index contributed by atoms with van der Waals surface area (Å²) in [5.74, 6) is 0. The molecule has 0 bridgehead atoms. The average molecular weight is 265 g/mol. The Morgan fingerprint density at radius 3 is 3.00 bits per heavy atom. The molecule has 1 aliphatic rings. The SMILES string of the molecule is CNc1c(CN2CCCC2CO)cccc1[N+](=O)[O-]. The first kappa shape index (κ1) is 13.8. The third-order valence-corrected chi connectivity index (χ3v) is 3.66. The molecule has 1 unspecified atom stereocenters. The second-order valence-electron chi connectivity index (χ2n) is 4.77. The Morgan fingerprint density at radius 1 is 1.58 bits per heavy atom. The maximum Gasteiger partial charge on any atom is 0.292 e. The van der Waals surface area contributed by atoms with E-state index >= 15 is 0 Å². The summed E-state index contributed by atoms with van der Waals surface area (Å²) >= 11 is 0. The van der Waals surface area contributed by atoms with Gasteiger partial charge in [-0.3, -0.25) is 15.0 Å². The van der Waals surface area contributed by atoms with Crippen LogP contribution < -0.4 is 5.32 Å². The number of nitro groups is 1. The van der Waals surface area contributed by atoms with E-state index in [0.29, 0.717) is 12.2 Å². The van der Waals surface area contributed by atoms with E-state index in [2.05, 4.69) is 10.2 Å². The van der Waals surface area contributed by atoms with Crippen LogP contribution in [-0.2, 0) is 6.54 Å². The number of rotatable bonds is 5. The van der Waals surface area contributed by atoms with Gasteiger partial charge in [0, 0.05) is 25.7 Å². The predicted octanol–water partition coefficient (Wildman–Crippen LogP) is 1.59. The van der Waals surface area contributed by atoms with Crippen LogP contribution in [-0.4, -0.2) is 41.2 Å². The van der Waals surface area contributed by atoms with Crippen molar-refractivity contribution in [2.75, 3.05) is 25.5 Å². The van der Waals surface area contributed by atoms with Gasteiger partial charge in [0.2, 0.25) is 0 Å². The van der Waals surface area contributed by atoms with Crippen LogP contribution in [0.5, 0.6) is 0 Å². The molecule has 1 heterocycles. The Morgan fingerprint density at radius 2 is 2.37 bits per heavy atom. The van der Waals surface area contributed by atoms with E-state index in [1.54, 1.807) is 13.1 Å². The smallest absolute Gasteiger partial charge is 0.292 e. The third-order valence-electron chi connectivity index (χ3n) is 3.66. The van der Waals surface area contributed by atoms with Crippen molar-refractivity contribution in [3.63, 3.8) is 0 Å². The molecular formula is C13H19N3O3. The molecular weight excluding hydrogens is 246 g/mol. The topological polar surface area (TPSA) is 78.6 Å². The summed E-state index contributed by atoms with van der Waals surface area (Å²) in [5, 5.41) is 23.2. The minimum absolute atomic E-state index is 0.0970. The average Bonchev–Trinajstić information content (AvgIpc) is 2.85. The van der Waals surface area contributed by atoms with Gasteiger partial charge in [0.15, 0.2) is 0 Å². The molecule has 1 aromatic carbocycles. The number of anilines is 1. The van der Waals surface area contributed by atoms with Crippen LogP contribution in [0.1, 0.15) is 18.4 Å². The number of nitro benzene ring substituents is 1. The van der Waals surface area contributed by atoms with Crippen LogP contribution >= 0.6 is 0 Å². The zero-order chi connectivity index (χ0) is 13.8. The molecule has 2 N–H and O–H groups in total. The lowest BCUT2D eigenvalue weighted by Gasteiger charge is -2.23. The van der Waals surface area contributed by atoms with Gasteiger partial charge in [-0.05, 0) is 24.9 Å². The van der Waals surface area contributed by atoms with E-state index in [1.165, 1.54) is 6.07 Å². The van der Waals surface area contributed by atoms with E-state index in [9.17, 15) is 15.2 Å². The van der Waals surface area contributed by atoms with Crippen LogP contribution in [0.15, 0.2) is 18.2 Å². The normalized spacial score (nSPS) is 19.6. The number of likely N-dealkylation sites (tertiary alicyclic amines) is 1. The third kappa shape index (κ3) is 2.85. The van der Waals surface area contributed by atoms with Gasteiger partial charge in [-0.15, -0.1) is 0 Å². The van der Waals surface area contributed by atoms with Gasteiger partial charge in [-0.25, -0.2) is 0 Å². The standard InChI is InChI=1S/C13H19N3O3/c1-14-13-10(4-2-6-12(13)16(18)19)8-15-7-3-5-11(15)9-17/h2,4,6,11,14,17H,3,5,7-9H2,1H3. The summed E-state index contributed by atoms with van der Waals surface area (Å²) in [6, 6.07) is 5.27. The van der Waals surface area contributed by atoms with Crippen molar-refractivity contribution in [1.29, 1.82) is 0 Å². The zero-order valence-electron chi connectivity index (χ0n) is 11.0. The van der Waals surface area contributed by atoms with Crippen LogP contribution in [0.25, 0.3) is 0 Å². The van der Waals surface area contributed by atoms with Crippen LogP contribution in [0.4, 0.5) is 11.4 Å². The number of hydrogen-bond donors (Lipinski definition) is 2. The summed E-state index contributed by atoms with van der Waals surface area (Å²) in [6.07, 6.45) is 2.05. The van der Waals surface area contributed by atoms with E-state index in [4.69, 9.17) is 0 Å². The van der Waals surface area contributed by atoms with Crippen molar-refractivity contribution in [2.24, 2.45) is 0 Å². The molecule has 1 saturated heterocycles. The molecule has 6 nitrogen and oxygen atoms in total. The number of benzene rings is 1. The minimum Gasteiger partial charge on any atom is -0.395 e. The molecule has 0 aliphatic carbocycles. The number of hydrogen-bond acceptors (Lipinski definition) is 5. The molecule has 1 fully saturated rings. The molecule has 19 heavy (non-hydrogen) atoms. The van der Waals surface area contributed by atoms with E-state index in [-0.39, 0.29) is 23.3 Å². The highest BCUT2D eigenvalue weighted by Gasteiger charge is 2.25. The number of para-hydroxylation sites is 1. The molecule has 1 aromatic rings. The van der Waals surface area contributed by atoms with Crippen molar-refractivity contribution < 1.29 is 10.0 Å². The van der Waals surface area contributed by atoms with Crippen molar-refractivity contribution in [1.82, 2.24) is 4.90 Å². The van der Waals surface area contributed by atoms with Gasteiger partial charge < -0.3 is 10.4 Å². The van der Waals surface area contributed by atoms with Gasteiger partial charge in [0.25, 0.3) is 5.69 Å². The highest BCUT2D eigenvalue weighted by Crippen LogP contribution is 2.30. The molecule has 0 aromatic heterocycles. The molecule has 0 radical (unpaired) electrons. The number of aliphatic hydroxyl groups is 1. The second-order valence-corrected chi connectivity index (χ2v) is 4.77. The lowest BCUT2D eigenvalue weighted by atomic mass is 10.1. The zero-order valence-corrected chi connectivity index (χ0v) is 11.0. The molecule has 0 amide bonds. The number of nitrogens with one attached hydrogen (secondary N) is 1. The van der Waals surface area contributed by atoms with Crippen molar-refractivity contribution in [3.05, 3.63) is 33.9 Å². The minimum atomic E-state index is -0.372. The van der Waals surface area contributed by atoms with Gasteiger partial charge in [0.05, 0.1) is 11.5 Å².